The first kappa shape index (κ1) is 20.9. The Balaban J connectivity index is 1.54. The number of ether oxygens (including phenoxy) is 1. The van der Waals surface area contributed by atoms with Gasteiger partial charge in [-0.2, -0.15) is 4.31 Å². The smallest absolute Gasteiger partial charge is 0.243 e. The minimum Gasteiger partial charge on any atom is -0.487 e. The molecule has 1 unspecified atom stereocenters. The van der Waals surface area contributed by atoms with Gasteiger partial charge >= 0.3 is 0 Å². The van der Waals surface area contributed by atoms with Gasteiger partial charge in [0.05, 0.1) is 4.90 Å². The molecule has 0 aromatic heterocycles. The number of hydrogen-bond acceptors (Lipinski definition) is 4. The number of carbonyl (C=O) groups is 1. The molecule has 2 aliphatic heterocycles. The first-order valence-electron chi connectivity index (χ1n) is 10.3. The average Bonchev–Trinajstić information content (AvgIpc) is 2.74. The summed E-state index contributed by atoms with van der Waals surface area (Å²) < 4.78 is 34.0. The van der Waals surface area contributed by atoms with Gasteiger partial charge in [0, 0.05) is 52.4 Å². The fraction of sp³-hybridized carbons (Fsp3) is 0.435. The van der Waals surface area contributed by atoms with E-state index in [1.807, 2.05) is 30.3 Å². The highest BCUT2D eigenvalue weighted by Crippen LogP contribution is 2.47. The first-order valence-corrected chi connectivity index (χ1v) is 11.8. The lowest BCUT2D eigenvalue weighted by molar-refractivity contribution is -0.129. The summed E-state index contributed by atoms with van der Waals surface area (Å²) in [4.78, 5) is 14.4. The second-order valence-corrected chi connectivity index (χ2v) is 10.4. The summed E-state index contributed by atoms with van der Waals surface area (Å²) in [5.74, 6) is 0.984. The van der Waals surface area contributed by atoms with E-state index in [0.717, 1.165) is 17.7 Å². The van der Waals surface area contributed by atoms with Crippen molar-refractivity contribution < 1.29 is 17.9 Å². The molecule has 1 atom stereocenters. The maximum Gasteiger partial charge on any atom is 0.243 e. The number of nitrogens with zero attached hydrogens (tertiary/aromatic N) is 2. The van der Waals surface area contributed by atoms with Gasteiger partial charge in [0.2, 0.25) is 15.9 Å². The van der Waals surface area contributed by atoms with E-state index in [0.29, 0.717) is 37.2 Å². The van der Waals surface area contributed by atoms with Crippen LogP contribution in [0.1, 0.15) is 37.2 Å². The summed E-state index contributed by atoms with van der Waals surface area (Å²) in [7, 11) is 0.0435. The summed E-state index contributed by atoms with van der Waals surface area (Å²) in [6.45, 7) is 0.821. The number of sulfonamides is 1. The van der Waals surface area contributed by atoms with Crippen molar-refractivity contribution in [3.8, 4) is 5.75 Å². The molecular formula is C23H28N2O4S. The highest BCUT2D eigenvalue weighted by molar-refractivity contribution is 7.89. The van der Waals surface area contributed by atoms with Crippen LogP contribution in [0.15, 0.2) is 59.5 Å². The van der Waals surface area contributed by atoms with Crippen molar-refractivity contribution in [1.29, 1.82) is 0 Å². The molecule has 0 radical (unpaired) electrons. The topological polar surface area (TPSA) is 66.9 Å². The molecule has 7 heteroatoms. The van der Waals surface area contributed by atoms with Gasteiger partial charge in [-0.05, 0) is 30.2 Å². The molecule has 1 amide bonds. The number of amides is 1. The van der Waals surface area contributed by atoms with Gasteiger partial charge in [0.15, 0.2) is 0 Å². The van der Waals surface area contributed by atoms with Crippen molar-refractivity contribution >= 4 is 15.9 Å². The van der Waals surface area contributed by atoms with Gasteiger partial charge in [-0.15, -0.1) is 0 Å². The number of piperidine rings is 1. The summed E-state index contributed by atoms with van der Waals surface area (Å²) in [6.07, 6.45) is 2.38. The zero-order chi connectivity index (χ0) is 21.4. The number of benzene rings is 2. The number of para-hydroxylation sites is 1. The zero-order valence-corrected chi connectivity index (χ0v) is 18.3. The summed E-state index contributed by atoms with van der Waals surface area (Å²) in [6, 6.07) is 16.5. The molecule has 0 aliphatic carbocycles. The molecule has 1 saturated heterocycles. The Morgan fingerprint density at radius 2 is 1.70 bits per heavy atom. The Kier molecular flexibility index (Phi) is 5.59. The predicted molar refractivity (Wildman–Crippen MR) is 115 cm³/mol. The molecule has 1 fully saturated rings. The van der Waals surface area contributed by atoms with Gasteiger partial charge in [-0.25, -0.2) is 8.42 Å². The van der Waals surface area contributed by atoms with Crippen LogP contribution < -0.4 is 4.74 Å². The molecule has 1 spiro atoms. The Morgan fingerprint density at radius 3 is 2.37 bits per heavy atom. The fourth-order valence-corrected chi connectivity index (χ4v) is 5.96. The molecule has 4 rings (SSSR count). The van der Waals surface area contributed by atoms with Crippen LogP contribution in [0.2, 0.25) is 0 Å². The van der Waals surface area contributed by atoms with Crippen LogP contribution in [0.4, 0.5) is 0 Å². The number of hydrogen-bond donors (Lipinski definition) is 0. The van der Waals surface area contributed by atoms with E-state index in [1.165, 1.54) is 0 Å². The Labute approximate surface area is 178 Å². The molecule has 30 heavy (non-hydrogen) atoms. The third-order valence-corrected chi connectivity index (χ3v) is 8.15. The molecule has 2 aromatic carbocycles. The minimum absolute atomic E-state index is 0.0714. The van der Waals surface area contributed by atoms with E-state index in [-0.39, 0.29) is 11.8 Å². The highest BCUT2D eigenvalue weighted by atomic mass is 32.2. The van der Waals surface area contributed by atoms with E-state index in [4.69, 9.17) is 4.74 Å². The molecule has 2 heterocycles. The summed E-state index contributed by atoms with van der Waals surface area (Å²) in [5, 5.41) is 0. The Bertz CT molecular complexity index is 1010. The van der Waals surface area contributed by atoms with Crippen molar-refractivity contribution in [1.82, 2.24) is 9.21 Å². The molecule has 0 bridgehead atoms. The fourth-order valence-electron chi connectivity index (χ4n) is 4.50. The standard InChI is InChI=1S/C23H28N2O4S/c1-24(2)22(26)16-18-17-23(29-21-11-7-6-10-20(18)21)12-14-25(15-13-23)30(27,28)19-8-4-3-5-9-19/h3-11,18H,12-17H2,1-2H3. The Hall–Kier alpha value is -2.38. The molecule has 2 aliphatic rings. The van der Waals surface area contributed by atoms with Crippen molar-refractivity contribution in [2.45, 2.75) is 42.1 Å². The Morgan fingerprint density at radius 1 is 1.07 bits per heavy atom. The number of fused-ring (bicyclic) bond motifs is 1. The van der Waals surface area contributed by atoms with E-state index in [2.05, 4.69) is 0 Å². The maximum atomic E-state index is 13.0. The van der Waals surface area contributed by atoms with Crippen LogP contribution in [0.5, 0.6) is 5.75 Å². The largest absolute Gasteiger partial charge is 0.487 e. The van der Waals surface area contributed by atoms with Crippen molar-refractivity contribution in [2.24, 2.45) is 0 Å². The third kappa shape index (κ3) is 3.96. The highest BCUT2D eigenvalue weighted by Gasteiger charge is 2.45. The molecule has 0 N–H and O–H groups in total. The average molecular weight is 429 g/mol. The van der Waals surface area contributed by atoms with Gasteiger partial charge in [-0.1, -0.05) is 36.4 Å². The van der Waals surface area contributed by atoms with E-state index < -0.39 is 15.6 Å². The quantitative estimate of drug-likeness (QED) is 0.750. The first-order chi connectivity index (χ1) is 14.3. The van der Waals surface area contributed by atoms with E-state index in [1.54, 1.807) is 47.6 Å². The molecule has 2 aromatic rings. The van der Waals surface area contributed by atoms with Crippen LogP contribution in [-0.4, -0.2) is 56.3 Å². The summed E-state index contributed by atoms with van der Waals surface area (Å²) in [5.41, 5.74) is 0.631. The van der Waals surface area contributed by atoms with Crippen molar-refractivity contribution in [3.05, 3.63) is 60.2 Å². The number of rotatable bonds is 4. The number of carbonyl (C=O) groups excluding carboxylic acids is 1. The second kappa shape index (κ2) is 8.04. The van der Waals surface area contributed by atoms with Crippen LogP contribution in [0, 0.1) is 0 Å². The lowest BCUT2D eigenvalue weighted by atomic mass is 9.76. The molecular weight excluding hydrogens is 400 g/mol. The maximum absolute atomic E-state index is 13.0. The second-order valence-electron chi connectivity index (χ2n) is 8.43. The SMILES string of the molecule is CN(C)C(=O)CC1CC2(CCN(S(=O)(=O)c3ccccc3)CC2)Oc2ccccc21. The normalized spacial score (nSPS) is 20.9. The molecule has 160 valence electrons. The van der Waals surface area contributed by atoms with E-state index >= 15 is 0 Å². The summed E-state index contributed by atoms with van der Waals surface area (Å²) >= 11 is 0. The predicted octanol–water partition coefficient (Wildman–Crippen LogP) is 3.25. The van der Waals surface area contributed by atoms with E-state index in [9.17, 15) is 13.2 Å². The third-order valence-electron chi connectivity index (χ3n) is 6.24. The van der Waals surface area contributed by atoms with Crippen molar-refractivity contribution in [3.63, 3.8) is 0 Å². The van der Waals surface area contributed by atoms with Crippen molar-refractivity contribution in [2.75, 3.05) is 27.2 Å². The lowest BCUT2D eigenvalue weighted by Gasteiger charge is -2.46. The van der Waals surface area contributed by atoms with Gasteiger partial charge in [0.25, 0.3) is 0 Å². The van der Waals surface area contributed by atoms with Gasteiger partial charge < -0.3 is 9.64 Å². The van der Waals surface area contributed by atoms with Crippen LogP contribution in [-0.2, 0) is 14.8 Å². The van der Waals surface area contributed by atoms with Crippen LogP contribution in [0.3, 0.4) is 0 Å². The minimum atomic E-state index is -3.50. The van der Waals surface area contributed by atoms with Crippen LogP contribution >= 0.6 is 0 Å². The molecule has 6 nitrogen and oxygen atoms in total. The monoisotopic (exact) mass is 428 g/mol. The van der Waals surface area contributed by atoms with Gasteiger partial charge in [0.1, 0.15) is 11.4 Å². The van der Waals surface area contributed by atoms with Crippen LogP contribution in [0.25, 0.3) is 0 Å². The lowest BCUT2D eigenvalue weighted by Crippen LogP contribution is -2.52. The zero-order valence-electron chi connectivity index (χ0n) is 17.5. The molecule has 0 saturated carbocycles. The van der Waals surface area contributed by atoms with Gasteiger partial charge in [-0.3, -0.25) is 4.79 Å².